The van der Waals surface area contributed by atoms with Gasteiger partial charge in [-0.1, -0.05) is 6.07 Å². The number of aryl methyl sites for hydroxylation is 2. The molecule has 4 aromatic rings. The van der Waals surface area contributed by atoms with Crippen molar-refractivity contribution in [2.75, 3.05) is 16.0 Å². The van der Waals surface area contributed by atoms with Gasteiger partial charge in [0.1, 0.15) is 4.60 Å². The van der Waals surface area contributed by atoms with Crippen LogP contribution in [0.25, 0.3) is 6.08 Å². The highest BCUT2D eigenvalue weighted by molar-refractivity contribution is 9.10. The van der Waals surface area contributed by atoms with Crippen molar-refractivity contribution in [1.82, 2.24) is 15.0 Å². The molecule has 3 N–H and O–H groups in total. The first-order valence-corrected chi connectivity index (χ1v) is 12.2. The summed E-state index contributed by atoms with van der Waals surface area (Å²) >= 11 is 3.41. The maximum absolute atomic E-state index is 9.04. The molecule has 182 valence electrons. The number of benzene rings is 2. The Morgan fingerprint density at radius 1 is 0.973 bits per heavy atom. The normalized spacial score (nSPS) is 10.5. The second-order valence-corrected chi connectivity index (χ2v) is 9.00. The average Bonchev–Trinajstić information content (AvgIpc) is 2.89. The first kappa shape index (κ1) is 25.4. The Balaban J connectivity index is 1.65. The average molecular weight is 551 g/mol. The number of rotatable bonds is 8. The predicted molar refractivity (Wildman–Crippen MR) is 150 cm³/mol. The Bertz CT molecular complexity index is 1510. The van der Waals surface area contributed by atoms with Crippen molar-refractivity contribution in [2.24, 2.45) is 0 Å². The third kappa shape index (κ3) is 6.69. The van der Waals surface area contributed by atoms with Gasteiger partial charge in [0, 0.05) is 17.5 Å². The van der Waals surface area contributed by atoms with Crippen LogP contribution >= 0.6 is 15.9 Å². The van der Waals surface area contributed by atoms with Gasteiger partial charge in [-0.25, -0.2) is 9.97 Å². The van der Waals surface area contributed by atoms with Gasteiger partial charge in [-0.05, 0) is 101 Å². The molecule has 2 aromatic heterocycles. The third-order valence-corrected chi connectivity index (χ3v) is 5.88. The zero-order valence-corrected chi connectivity index (χ0v) is 21.8. The van der Waals surface area contributed by atoms with Crippen LogP contribution < -0.4 is 16.0 Å². The van der Waals surface area contributed by atoms with Crippen molar-refractivity contribution >= 4 is 50.8 Å². The minimum Gasteiger partial charge on any atom is -0.375 e. The second kappa shape index (κ2) is 11.8. The first-order valence-electron chi connectivity index (χ1n) is 11.4. The number of nitriles is 2. The summed E-state index contributed by atoms with van der Waals surface area (Å²) in [6, 6.07) is 21.0. The SMILES string of the molecule is Cc1cc(/C=C/C#N)cc(C)c1Nc1nc(Nc2ccc(C#N)cc2)ncc1NCc1cccc(Br)n1. The van der Waals surface area contributed by atoms with Gasteiger partial charge in [-0.2, -0.15) is 15.5 Å². The summed E-state index contributed by atoms with van der Waals surface area (Å²) in [5.41, 5.74) is 6.81. The molecule has 0 atom stereocenters. The summed E-state index contributed by atoms with van der Waals surface area (Å²) in [6.07, 6.45) is 4.96. The summed E-state index contributed by atoms with van der Waals surface area (Å²) in [4.78, 5) is 13.7. The molecular formula is C28H23BrN8. The molecule has 37 heavy (non-hydrogen) atoms. The maximum Gasteiger partial charge on any atom is 0.229 e. The fourth-order valence-corrected chi connectivity index (χ4v) is 4.08. The largest absolute Gasteiger partial charge is 0.375 e. The number of allylic oxidation sites excluding steroid dienone is 1. The van der Waals surface area contributed by atoms with E-state index in [9.17, 15) is 0 Å². The van der Waals surface area contributed by atoms with Crippen LogP contribution in [-0.4, -0.2) is 15.0 Å². The summed E-state index contributed by atoms with van der Waals surface area (Å²) < 4.78 is 0.764. The summed E-state index contributed by atoms with van der Waals surface area (Å²) in [7, 11) is 0. The second-order valence-electron chi connectivity index (χ2n) is 8.19. The van der Waals surface area contributed by atoms with E-state index in [2.05, 4.69) is 47.9 Å². The lowest BCUT2D eigenvalue weighted by Crippen LogP contribution is -2.09. The van der Waals surface area contributed by atoms with Crippen LogP contribution in [0.5, 0.6) is 0 Å². The van der Waals surface area contributed by atoms with E-state index in [1.165, 1.54) is 6.08 Å². The Kier molecular flexibility index (Phi) is 8.09. The summed E-state index contributed by atoms with van der Waals surface area (Å²) in [6.45, 7) is 4.50. The van der Waals surface area contributed by atoms with E-state index in [-0.39, 0.29) is 0 Å². The molecule has 0 aliphatic heterocycles. The Labute approximate surface area is 223 Å². The van der Waals surface area contributed by atoms with Crippen LogP contribution in [0.15, 0.2) is 71.5 Å². The minimum atomic E-state index is 0.405. The fourth-order valence-electron chi connectivity index (χ4n) is 3.70. The van der Waals surface area contributed by atoms with Crippen molar-refractivity contribution in [2.45, 2.75) is 20.4 Å². The molecule has 0 fully saturated rings. The van der Waals surface area contributed by atoms with E-state index in [4.69, 9.17) is 15.5 Å². The van der Waals surface area contributed by atoms with Crippen LogP contribution in [0.4, 0.5) is 28.8 Å². The van der Waals surface area contributed by atoms with Gasteiger partial charge in [0.05, 0.1) is 41.8 Å². The van der Waals surface area contributed by atoms with Gasteiger partial charge in [-0.3, -0.25) is 0 Å². The van der Waals surface area contributed by atoms with Crippen LogP contribution in [0.2, 0.25) is 0 Å². The molecule has 0 bridgehead atoms. The van der Waals surface area contributed by atoms with Gasteiger partial charge >= 0.3 is 0 Å². The van der Waals surface area contributed by atoms with Gasteiger partial charge in [-0.15, -0.1) is 0 Å². The van der Waals surface area contributed by atoms with Crippen molar-refractivity contribution in [3.8, 4) is 12.1 Å². The van der Waals surface area contributed by atoms with E-state index in [1.807, 2.05) is 62.4 Å². The molecule has 0 saturated carbocycles. The Morgan fingerprint density at radius 2 is 1.73 bits per heavy atom. The molecule has 0 aliphatic rings. The first-order chi connectivity index (χ1) is 17.9. The van der Waals surface area contributed by atoms with E-state index >= 15 is 0 Å². The number of hydrogen-bond acceptors (Lipinski definition) is 8. The van der Waals surface area contributed by atoms with Crippen LogP contribution in [-0.2, 0) is 6.54 Å². The van der Waals surface area contributed by atoms with Gasteiger partial charge in [0.15, 0.2) is 5.82 Å². The number of nitrogens with zero attached hydrogens (tertiary/aromatic N) is 5. The molecule has 2 aromatic carbocycles. The van der Waals surface area contributed by atoms with Crippen molar-refractivity contribution in [3.05, 3.63) is 99.4 Å². The monoisotopic (exact) mass is 550 g/mol. The topological polar surface area (TPSA) is 122 Å². The molecule has 0 saturated heterocycles. The molecule has 0 aliphatic carbocycles. The molecule has 8 nitrogen and oxygen atoms in total. The fraction of sp³-hybridized carbons (Fsp3) is 0.107. The van der Waals surface area contributed by atoms with E-state index < -0.39 is 0 Å². The predicted octanol–water partition coefficient (Wildman–Crippen LogP) is 6.76. The zero-order chi connectivity index (χ0) is 26.2. The molecule has 2 heterocycles. The highest BCUT2D eigenvalue weighted by Crippen LogP contribution is 2.30. The molecule has 0 spiro atoms. The molecule has 0 amide bonds. The molecule has 0 unspecified atom stereocenters. The Morgan fingerprint density at radius 3 is 2.41 bits per heavy atom. The van der Waals surface area contributed by atoms with Crippen LogP contribution in [0.3, 0.4) is 0 Å². The number of nitrogens with one attached hydrogen (secondary N) is 3. The van der Waals surface area contributed by atoms with E-state index in [1.54, 1.807) is 24.4 Å². The molecule has 4 rings (SSSR count). The zero-order valence-electron chi connectivity index (χ0n) is 20.2. The summed E-state index contributed by atoms with van der Waals surface area (Å²) in [5, 5.41) is 27.9. The minimum absolute atomic E-state index is 0.405. The molecule has 9 heteroatoms. The van der Waals surface area contributed by atoms with Crippen LogP contribution in [0.1, 0.15) is 27.9 Å². The Hall–Kier alpha value is -4.73. The third-order valence-electron chi connectivity index (χ3n) is 5.44. The lowest BCUT2D eigenvalue weighted by molar-refractivity contribution is 1.02. The molecule has 0 radical (unpaired) electrons. The number of pyridine rings is 1. The van der Waals surface area contributed by atoms with Gasteiger partial charge in [0.25, 0.3) is 0 Å². The molecular weight excluding hydrogens is 528 g/mol. The smallest absolute Gasteiger partial charge is 0.229 e. The van der Waals surface area contributed by atoms with Crippen molar-refractivity contribution in [3.63, 3.8) is 0 Å². The number of hydrogen-bond donors (Lipinski definition) is 3. The van der Waals surface area contributed by atoms with Crippen molar-refractivity contribution < 1.29 is 0 Å². The van der Waals surface area contributed by atoms with Gasteiger partial charge in [0.2, 0.25) is 5.95 Å². The number of aromatic nitrogens is 3. The quantitative estimate of drug-likeness (QED) is 0.162. The lowest BCUT2D eigenvalue weighted by Gasteiger charge is -2.18. The van der Waals surface area contributed by atoms with Gasteiger partial charge < -0.3 is 16.0 Å². The number of anilines is 5. The lowest BCUT2D eigenvalue weighted by atomic mass is 10.0. The highest BCUT2D eigenvalue weighted by Gasteiger charge is 2.12. The summed E-state index contributed by atoms with van der Waals surface area (Å²) in [5.74, 6) is 0.995. The van der Waals surface area contributed by atoms with Crippen molar-refractivity contribution in [1.29, 1.82) is 10.5 Å². The van der Waals surface area contributed by atoms with Crippen LogP contribution in [0, 0.1) is 36.5 Å². The van der Waals surface area contributed by atoms with E-state index in [0.29, 0.717) is 29.6 Å². The maximum atomic E-state index is 9.04. The highest BCUT2D eigenvalue weighted by atomic mass is 79.9. The number of halogens is 1. The van der Waals surface area contributed by atoms with E-state index in [0.717, 1.165) is 38.4 Å². The standard InChI is InChI=1S/C28H23BrN8/c1-18-13-21(5-4-12-30)14-19(2)26(18)36-27-24(32-16-23-6-3-7-25(29)34-23)17-33-28(37-27)35-22-10-8-20(15-31)9-11-22/h3-11,13-14,17,32H,16H2,1-2H3,(H2,33,35,36,37)/b5-4+.